The lowest BCUT2D eigenvalue weighted by molar-refractivity contribution is 0.553. The Morgan fingerprint density at radius 3 is 2.10 bits per heavy atom. The van der Waals surface area contributed by atoms with Gasteiger partial charge in [-0.05, 0) is 20.4 Å². The first-order valence-electron chi connectivity index (χ1n) is 4.16. The summed E-state index contributed by atoms with van der Waals surface area (Å²) in [6, 6.07) is 0. The van der Waals surface area contributed by atoms with E-state index in [1.54, 1.807) is 0 Å². The van der Waals surface area contributed by atoms with Gasteiger partial charge < -0.3 is 9.62 Å². The van der Waals surface area contributed by atoms with Gasteiger partial charge >= 0.3 is 6.98 Å². The number of hydrogen-bond donors (Lipinski definition) is 0. The van der Waals surface area contributed by atoms with E-state index in [-0.39, 0.29) is 0 Å². The summed E-state index contributed by atoms with van der Waals surface area (Å²) >= 11 is 0. The van der Waals surface area contributed by atoms with Gasteiger partial charge in [0.1, 0.15) is 0 Å². The Morgan fingerprint density at radius 1 is 1.20 bits per heavy atom. The molecule has 1 heterocycles. The molecule has 1 aliphatic heterocycles. The standard InChI is InChI=1S/C7H17BN2/c1-4-5-8-9(2)6-7-10(8)3/h4-7H2,1-3H3. The molecule has 0 aromatic carbocycles. The predicted octanol–water partition coefficient (Wildman–Crippen LogP) is 0.762. The molecule has 1 fully saturated rings. The fourth-order valence-corrected chi connectivity index (χ4v) is 1.65. The minimum atomic E-state index is 0.713. The number of hydrogen-bond acceptors (Lipinski definition) is 2. The summed E-state index contributed by atoms with van der Waals surface area (Å²) in [4.78, 5) is 4.87. The summed E-state index contributed by atoms with van der Waals surface area (Å²) in [7, 11) is 4.42. The van der Waals surface area contributed by atoms with Crippen molar-refractivity contribution in [1.82, 2.24) is 9.62 Å². The third-order valence-corrected chi connectivity index (χ3v) is 2.37. The van der Waals surface area contributed by atoms with E-state index in [1.807, 2.05) is 0 Å². The summed E-state index contributed by atoms with van der Waals surface area (Å²) in [6.45, 7) is 5.44. The van der Waals surface area contributed by atoms with Crippen LogP contribution >= 0.6 is 0 Å². The molecule has 0 bridgehead atoms. The lowest BCUT2D eigenvalue weighted by atomic mass is 9.69. The highest BCUT2D eigenvalue weighted by molar-refractivity contribution is 6.53. The summed E-state index contributed by atoms with van der Waals surface area (Å²) in [5.41, 5.74) is 0. The van der Waals surface area contributed by atoms with Crippen LogP contribution in [0.15, 0.2) is 0 Å². The van der Waals surface area contributed by atoms with E-state index >= 15 is 0 Å². The van der Waals surface area contributed by atoms with Crippen molar-refractivity contribution < 1.29 is 0 Å². The fourth-order valence-electron chi connectivity index (χ4n) is 1.65. The van der Waals surface area contributed by atoms with Gasteiger partial charge in [0, 0.05) is 13.1 Å². The van der Waals surface area contributed by atoms with Crippen molar-refractivity contribution in [3.8, 4) is 0 Å². The van der Waals surface area contributed by atoms with Crippen LogP contribution in [0.4, 0.5) is 0 Å². The molecule has 0 radical (unpaired) electrons. The Labute approximate surface area is 64.3 Å². The van der Waals surface area contributed by atoms with Crippen LogP contribution in [-0.4, -0.2) is 43.8 Å². The predicted molar refractivity (Wildman–Crippen MR) is 46.1 cm³/mol. The van der Waals surface area contributed by atoms with Gasteiger partial charge in [0.15, 0.2) is 0 Å². The summed E-state index contributed by atoms with van der Waals surface area (Å²) in [5.74, 6) is 0. The molecular weight excluding hydrogens is 123 g/mol. The number of rotatable bonds is 2. The van der Waals surface area contributed by atoms with Crippen molar-refractivity contribution in [3.05, 3.63) is 0 Å². The molecular formula is C7H17BN2. The molecule has 3 heteroatoms. The molecule has 0 aromatic rings. The van der Waals surface area contributed by atoms with Crippen LogP contribution in [0, 0.1) is 0 Å². The summed E-state index contributed by atoms with van der Waals surface area (Å²) in [6.07, 6.45) is 2.60. The molecule has 0 aliphatic carbocycles. The molecule has 0 N–H and O–H groups in total. The normalized spacial score (nSPS) is 22.5. The summed E-state index contributed by atoms with van der Waals surface area (Å²) < 4.78 is 0. The van der Waals surface area contributed by atoms with Crippen molar-refractivity contribution in [1.29, 1.82) is 0 Å². The van der Waals surface area contributed by atoms with Crippen molar-refractivity contribution in [2.24, 2.45) is 0 Å². The van der Waals surface area contributed by atoms with Crippen LogP contribution in [0.5, 0.6) is 0 Å². The molecule has 10 heavy (non-hydrogen) atoms. The topological polar surface area (TPSA) is 6.48 Å². The Kier molecular flexibility index (Phi) is 2.75. The van der Waals surface area contributed by atoms with Crippen LogP contribution in [0.25, 0.3) is 0 Å². The van der Waals surface area contributed by atoms with E-state index in [1.165, 1.54) is 25.8 Å². The third-order valence-electron chi connectivity index (χ3n) is 2.37. The van der Waals surface area contributed by atoms with Crippen molar-refractivity contribution in [2.75, 3.05) is 27.2 Å². The molecule has 58 valence electrons. The highest BCUT2D eigenvalue weighted by atomic mass is 15.3. The van der Waals surface area contributed by atoms with E-state index in [0.29, 0.717) is 6.98 Å². The Morgan fingerprint density at radius 2 is 1.70 bits per heavy atom. The Hall–Kier alpha value is -0.0151. The van der Waals surface area contributed by atoms with E-state index in [4.69, 9.17) is 0 Å². The second-order valence-corrected chi connectivity index (χ2v) is 3.23. The van der Waals surface area contributed by atoms with Crippen LogP contribution in [-0.2, 0) is 0 Å². The zero-order chi connectivity index (χ0) is 7.56. The van der Waals surface area contributed by atoms with Crippen LogP contribution in [0.2, 0.25) is 6.32 Å². The zero-order valence-corrected chi connectivity index (χ0v) is 7.30. The van der Waals surface area contributed by atoms with Gasteiger partial charge in [-0.15, -0.1) is 0 Å². The van der Waals surface area contributed by atoms with Gasteiger partial charge in [-0.25, -0.2) is 0 Å². The van der Waals surface area contributed by atoms with Gasteiger partial charge in [0.25, 0.3) is 0 Å². The summed E-state index contributed by atoms with van der Waals surface area (Å²) in [5, 5.41) is 0. The average Bonchev–Trinajstić information content (AvgIpc) is 2.20. The zero-order valence-electron chi connectivity index (χ0n) is 7.30. The first-order chi connectivity index (χ1) is 4.75. The van der Waals surface area contributed by atoms with E-state index in [2.05, 4.69) is 30.6 Å². The van der Waals surface area contributed by atoms with Gasteiger partial charge in [0.05, 0.1) is 0 Å². The first-order valence-corrected chi connectivity index (χ1v) is 4.16. The largest absolute Gasteiger partial charge is 0.330 e. The van der Waals surface area contributed by atoms with Crippen molar-refractivity contribution in [2.45, 2.75) is 19.7 Å². The highest BCUT2D eigenvalue weighted by Crippen LogP contribution is 2.11. The second kappa shape index (κ2) is 3.40. The quantitative estimate of drug-likeness (QED) is 0.522. The molecule has 1 aliphatic rings. The fraction of sp³-hybridized carbons (Fsp3) is 1.00. The smallest absolute Gasteiger partial charge is 0.310 e. The molecule has 0 amide bonds. The molecule has 0 saturated carbocycles. The maximum atomic E-state index is 2.43. The molecule has 0 aromatic heterocycles. The third kappa shape index (κ3) is 1.52. The molecule has 0 atom stereocenters. The van der Waals surface area contributed by atoms with Crippen LogP contribution in [0.3, 0.4) is 0 Å². The molecule has 1 rings (SSSR count). The van der Waals surface area contributed by atoms with Crippen LogP contribution in [0.1, 0.15) is 13.3 Å². The lowest BCUT2D eigenvalue weighted by Gasteiger charge is -2.19. The Balaban J connectivity index is 2.38. The second-order valence-electron chi connectivity index (χ2n) is 3.23. The SMILES string of the molecule is CCCB1N(C)CCN1C. The molecule has 0 unspecified atom stereocenters. The first kappa shape index (κ1) is 8.09. The van der Waals surface area contributed by atoms with Gasteiger partial charge in [-0.2, -0.15) is 0 Å². The van der Waals surface area contributed by atoms with Gasteiger partial charge in [-0.1, -0.05) is 13.3 Å². The molecule has 0 spiro atoms. The molecule has 2 nitrogen and oxygen atoms in total. The maximum Gasteiger partial charge on any atom is 0.310 e. The lowest BCUT2D eigenvalue weighted by Crippen LogP contribution is -2.39. The minimum absolute atomic E-state index is 0.713. The minimum Gasteiger partial charge on any atom is -0.330 e. The molecule has 1 saturated heterocycles. The van der Waals surface area contributed by atoms with Crippen molar-refractivity contribution >= 4 is 6.98 Å². The van der Waals surface area contributed by atoms with Gasteiger partial charge in [-0.3, -0.25) is 0 Å². The maximum absolute atomic E-state index is 2.43. The Bertz CT molecular complexity index is 97.8. The van der Waals surface area contributed by atoms with Crippen molar-refractivity contribution in [3.63, 3.8) is 0 Å². The average molecular weight is 140 g/mol. The van der Waals surface area contributed by atoms with Crippen LogP contribution < -0.4 is 0 Å². The monoisotopic (exact) mass is 140 g/mol. The van der Waals surface area contributed by atoms with E-state index in [9.17, 15) is 0 Å². The van der Waals surface area contributed by atoms with Gasteiger partial charge in [0.2, 0.25) is 0 Å². The number of nitrogens with zero attached hydrogens (tertiary/aromatic N) is 2. The van der Waals surface area contributed by atoms with E-state index < -0.39 is 0 Å². The highest BCUT2D eigenvalue weighted by Gasteiger charge is 2.29. The number of likely N-dealkylation sites (N-methyl/N-ethyl adjacent to an activating group) is 2. The van der Waals surface area contributed by atoms with E-state index in [0.717, 1.165) is 0 Å².